The predicted molar refractivity (Wildman–Crippen MR) is 90.7 cm³/mol. The summed E-state index contributed by atoms with van der Waals surface area (Å²) in [5.41, 5.74) is 7.52. The average molecular weight is 348 g/mol. The molecule has 0 aliphatic rings. The summed E-state index contributed by atoms with van der Waals surface area (Å²) < 4.78 is 22.3. The van der Waals surface area contributed by atoms with E-state index in [0.29, 0.717) is 11.4 Å². The maximum atomic E-state index is 11.9. The first-order valence-corrected chi connectivity index (χ1v) is 8.33. The molecule has 9 heteroatoms. The fraction of sp³-hybridized carbons (Fsp3) is 0.0667. The van der Waals surface area contributed by atoms with Crippen LogP contribution in [0.3, 0.4) is 0 Å². The molecule has 0 saturated carbocycles. The highest BCUT2D eigenvalue weighted by molar-refractivity contribution is 7.89. The quantitative estimate of drug-likeness (QED) is 0.479. The first-order valence-electron chi connectivity index (χ1n) is 6.78. The third-order valence-electron chi connectivity index (χ3n) is 3.10. The molecule has 0 aromatic heterocycles. The van der Waals surface area contributed by atoms with Crippen LogP contribution in [0.2, 0.25) is 0 Å². The number of carbonyl (C=O) groups is 2. The number of amides is 2. The Morgan fingerprint density at radius 3 is 2.12 bits per heavy atom. The van der Waals surface area contributed by atoms with E-state index in [1.54, 1.807) is 18.2 Å². The summed E-state index contributed by atoms with van der Waals surface area (Å²) in [7, 11) is -3.82. The van der Waals surface area contributed by atoms with Crippen molar-refractivity contribution in [2.24, 2.45) is 5.14 Å². The number of hydrogen-bond acceptors (Lipinski definition) is 5. The molecule has 8 nitrogen and oxygen atoms in total. The van der Waals surface area contributed by atoms with Gasteiger partial charge in [0.15, 0.2) is 0 Å². The van der Waals surface area contributed by atoms with Gasteiger partial charge in [0.05, 0.1) is 16.3 Å². The SMILES string of the molecule is Cc1ccc(N)c(NC(=O)C(=O)Nc2ccc(S(N)(=O)=O)cc2)c1. The van der Waals surface area contributed by atoms with Crippen molar-refractivity contribution in [2.45, 2.75) is 11.8 Å². The number of rotatable bonds is 3. The van der Waals surface area contributed by atoms with Crippen molar-refractivity contribution in [3.05, 3.63) is 48.0 Å². The maximum absolute atomic E-state index is 11.9. The monoisotopic (exact) mass is 348 g/mol. The fourth-order valence-electron chi connectivity index (χ4n) is 1.87. The van der Waals surface area contributed by atoms with Crippen LogP contribution in [-0.2, 0) is 19.6 Å². The van der Waals surface area contributed by atoms with Gasteiger partial charge in [0.2, 0.25) is 10.0 Å². The Kier molecular flexibility index (Phi) is 4.86. The molecule has 24 heavy (non-hydrogen) atoms. The summed E-state index contributed by atoms with van der Waals surface area (Å²) >= 11 is 0. The second kappa shape index (κ2) is 6.69. The van der Waals surface area contributed by atoms with Crippen molar-refractivity contribution >= 4 is 38.9 Å². The van der Waals surface area contributed by atoms with Crippen molar-refractivity contribution in [1.82, 2.24) is 0 Å². The van der Waals surface area contributed by atoms with Crippen LogP contribution in [0.15, 0.2) is 47.4 Å². The van der Waals surface area contributed by atoms with Gasteiger partial charge in [-0.15, -0.1) is 0 Å². The summed E-state index contributed by atoms with van der Waals surface area (Å²) in [5, 5.41) is 9.74. The molecule has 0 atom stereocenters. The molecule has 0 aliphatic heterocycles. The van der Waals surface area contributed by atoms with Crippen LogP contribution < -0.4 is 21.5 Å². The fourth-order valence-corrected chi connectivity index (χ4v) is 2.39. The van der Waals surface area contributed by atoms with E-state index >= 15 is 0 Å². The van der Waals surface area contributed by atoms with E-state index in [-0.39, 0.29) is 10.6 Å². The first kappa shape index (κ1) is 17.4. The molecule has 0 unspecified atom stereocenters. The zero-order valence-electron chi connectivity index (χ0n) is 12.7. The minimum absolute atomic E-state index is 0.0996. The molecule has 0 aliphatic carbocycles. The average Bonchev–Trinajstić information content (AvgIpc) is 2.50. The molecule has 126 valence electrons. The number of sulfonamides is 1. The highest BCUT2D eigenvalue weighted by atomic mass is 32.2. The Balaban J connectivity index is 2.06. The van der Waals surface area contributed by atoms with Crippen molar-refractivity contribution in [3.63, 3.8) is 0 Å². The van der Waals surface area contributed by atoms with Gasteiger partial charge in [-0.3, -0.25) is 9.59 Å². The molecular formula is C15H16N4O4S. The van der Waals surface area contributed by atoms with E-state index in [4.69, 9.17) is 10.9 Å². The van der Waals surface area contributed by atoms with E-state index in [1.165, 1.54) is 24.3 Å². The molecule has 2 amide bonds. The van der Waals surface area contributed by atoms with Crippen LogP contribution in [0.4, 0.5) is 17.1 Å². The molecular weight excluding hydrogens is 332 g/mol. The van der Waals surface area contributed by atoms with Crippen LogP contribution in [0.25, 0.3) is 0 Å². The van der Waals surface area contributed by atoms with Gasteiger partial charge in [-0.1, -0.05) is 6.07 Å². The van der Waals surface area contributed by atoms with E-state index in [0.717, 1.165) is 5.56 Å². The van der Waals surface area contributed by atoms with Gasteiger partial charge in [0.1, 0.15) is 0 Å². The van der Waals surface area contributed by atoms with Gasteiger partial charge in [-0.05, 0) is 48.9 Å². The molecule has 0 fully saturated rings. The predicted octanol–water partition coefficient (Wildman–Crippen LogP) is 0.802. The number of aryl methyl sites for hydroxylation is 1. The second-order valence-electron chi connectivity index (χ2n) is 5.07. The number of nitrogens with two attached hydrogens (primary N) is 2. The normalized spacial score (nSPS) is 10.9. The largest absolute Gasteiger partial charge is 0.397 e. The summed E-state index contributed by atoms with van der Waals surface area (Å²) in [5.74, 6) is -1.82. The highest BCUT2D eigenvalue weighted by Gasteiger charge is 2.16. The number of carbonyl (C=O) groups excluding carboxylic acids is 2. The molecule has 0 heterocycles. The van der Waals surface area contributed by atoms with Crippen LogP contribution in [0, 0.1) is 6.92 Å². The van der Waals surface area contributed by atoms with E-state index in [2.05, 4.69) is 10.6 Å². The zero-order chi connectivity index (χ0) is 17.9. The third kappa shape index (κ3) is 4.31. The van der Waals surface area contributed by atoms with Crippen LogP contribution in [-0.4, -0.2) is 20.2 Å². The standard InChI is InChI=1S/C15H16N4O4S/c1-9-2-7-12(16)13(8-9)19-15(21)14(20)18-10-3-5-11(6-4-10)24(17,22)23/h2-8H,16H2,1H3,(H,18,20)(H,19,21)(H2,17,22,23). The van der Waals surface area contributed by atoms with Crippen LogP contribution in [0.1, 0.15) is 5.56 Å². The Bertz CT molecular complexity index is 892. The van der Waals surface area contributed by atoms with Crippen LogP contribution in [0.5, 0.6) is 0 Å². The van der Waals surface area contributed by atoms with Crippen molar-refractivity contribution in [3.8, 4) is 0 Å². The molecule has 0 bridgehead atoms. The maximum Gasteiger partial charge on any atom is 0.314 e. The molecule has 0 radical (unpaired) electrons. The number of hydrogen-bond donors (Lipinski definition) is 4. The summed E-state index contributed by atoms with van der Waals surface area (Å²) in [4.78, 5) is 23.7. The van der Waals surface area contributed by atoms with Gasteiger partial charge >= 0.3 is 11.8 Å². The first-order chi connectivity index (χ1) is 11.2. The highest BCUT2D eigenvalue weighted by Crippen LogP contribution is 2.19. The van der Waals surface area contributed by atoms with Crippen molar-refractivity contribution in [1.29, 1.82) is 0 Å². The Hall–Kier alpha value is -2.91. The molecule has 2 rings (SSSR count). The lowest BCUT2D eigenvalue weighted by molar-refractivity contribution is -0.132. The Labute approximate surface area is 138 Å². The Morgan fingerprint density at radius 2 is 1.54 bits per heavy atom. The van der Waals surface area contributed by atoms with Crippen molar-refractivity contribution < 1.29 is 18.0 Å². The summed E-state index contributed by atoms with van der Waals surface area (Å²) in [6.45, 7) is 1.82. The number of nitrogen functional groups attached to an aromatic ring is 1. The van der Waals surface area contributed by atoms with Gasteiger partial charge in [0, 0.05) is 5.69 Å². The van der Waals surface area contributed by atoms with Crippen molar-refractivity contribution in [2.75, 3.05) is 16.4 Å². The minimum atomic E-state index is -3.82. The second-order valence-corrected chi connectivity index (χ2v) is 6.63. The van der Waals surface area contributed by atoms with Crippen LogP contribution >= 0.6 is 0 Å². The third-order valence-corrected chi connectivity index (χ3v) is 4.03. The smallest absolute Gasteiger partial charge is 0.314 e. The van der Waals surface area contributed by atoms with Gasteiger partial charge in [-0.25, -0.2) is 13.6 Å². The zero-order valence-corrected chi connectivity index (χ0v) is 13.6. The van der Waals surface area contributed by atoms with Gasteiger partial charge in [-0.2, -0.15) is 0 Å². The Morgan fingerprint density at radius 1 is 0.958 bits per heavy atom. The van der Waals surface area contributed by atoms with E-state index in [9.17, 15) is 18.0 Å². The molecule has 0 spiro atoms. The van der Waals surface area contributed by atoms with E-state index < -0.39 is 21.8 Å². The lowest BCUT2D eigenvalue weighted by Gasteiger charge is -2.09. The molecule has 6 N–H and O–H groups in total. The minimum Gasteiger partial charge on any atom is -0.397 e. The van der Waals surface area contributed by atoms with Gasteiger partial charge < -0.3 is 16.4 Å². The molecule has 2 aromatic carbocycles. The topological polar surface area (TPSA) is 144 Å². The van der Waals surface area contributed by atoms with Gasteiger partial charge in [0.25, 0.3) is 0 Å². The number of nitrogens with one attached hydrogen (secondary N) is 2. The number of benzene rings is 2. The summed E-state index contributed by atoms with van der Waals surface area (Å²) in [6, 6.07) is 10.1. The number of primary sulfonamides is 1. The summed E-state index contributed by atoms with van der Waals surface area (Å²) in [6.07, 6.45) is 0. The molecule has 2 aromatic rings. The number of anilines is 3. The lowest BCUT2D eigenvalue weighted by atomic mass is 10.2. The lowest BCUT2D eigenvalue weighted by Crippen LogP contribution is -2.29. The molecule has 0 saturated heterocycles. The van der Waals surface area contributed by atoms with E-state index in [1.807, 2.05) is 6.92 Å².